The summed E-state index contributed by atoms with van der Waals surface area (Å²) in [4.78, 5) is 23.8. The molecule has 0 spiro atoms. The Balaban J connectivity index is 1.84. The van der Waals surface area contributed by atoms with Crippen LogP contribution >= 0.6 is 0 Å². The van der Waals surface area contributed by atoms with Gasteiger partial charge in [-0.1, -0.05) is 5.21 Å². The van der Waals surface area contributed by atoms with Crippen LogP contribution in [0, 0.1) is 0 Å². The van der Waals surface area contributed by atoms with Gasteiger partial charge in [0.15, 0.2) is 0 Å². The lowest BCUT2D eigenvalue weighted by Gasteiger charge is -2.11. The van der Waals surface area contributed by atoms with E-state index in [0.29, 0.717) is 19.6 Å². The second-order valence-electron chi connectivity index (χ2n) is 4.07. The van der Waals surface area contributed by atoms with Crippen molar-refractivity contribution in [2.75, 3.05) is 19.6 Å². The fraction of sp³-hybridized carbons (Fsp3) is 0.600. The van der Waals surface area contributed by atoms with E-state index in [0.717, 1.165) is 18.5 Å². The summed E-state index contributed by atoms with van der Waals surface area (Å²) in [5.41, 5.74) is 6.28. The smallest absolute Gasteiger partial charge is 0.324 e. The van der Waals surface area contributed by atoms with Crippen LogP contribution in [0.1, 0.15) is 12.1 Å². The lowest BCUT2D eigenvalue weighted by atomic mass is 10.2. The summed E-state index contributed by atoms with van der Waals surface area (Å²) < 4.78 is 1.63. The number of carbonyl (C=O) groups excluding carboxylic acids is 2. The normalized spacial score (nSPS) is 15.3. The van der Waals surface area contributed by atoms with Gasteiger partial charge >= 0.3 is 6.03 Å². The van der Waals surface area contributed by atoms with Crippen LogP contribution in [0.5, 0.6) is 0 Å². The van der Waals surface area contributed by atoms with E-state index in [9.17, 15) is 9.59 Å². The third kappa shape index (κ3) is 2.83. The number of aryl methyl sites for hydroxylation is 1. The third-order valence-corrected chi connectivity index (χ3v) is 2.71. The van der Waals surface area contributed by atoms with Crippen LogP contribution in [0.2, 0.25) is 0 Å². The van der Waals surface area contributed by atoms with Crippen molar-refractivity contribution < 1.29 is 9.59 Å². The summed E-state index contributed by atoms with van der Waals surface area (Å²) in [6.07, 6.45) is 3.47. The van der Waals surface area contributed by atoms with Crippen molar-refractivity contribution in [2.45, 2.75) is 19.4 Å². The van der Waals surface area contributed by atoms with Crippen LogP contribution in [0.3, 0.4) is 0 Å². The Morgan fingerprint density at radius 3 is 2.89 bits per heavy atom. The van der Waals surface area contributed by atoms with Gasteiger partial charge in [0, 0.05) is 6.20 Å². The first-order chi connectivity index (χ1) is 8.70. The summed E-state index contributed by atoms with van der Waals surface area (Å²) in [6, 6.07) is -0.344. The topological polar surface area (TPSA) is 106 Å². The van der Waals surface area contributed by atoms with E-state index in [1.807, 2.05) is 6.20 Å². The Hall–Kier alpha value is -1.96. The number of nitrogens with two attached hydrogens (primary N) is 1. The molecule has 3 N–H and O–H groups in total. The molecule has 0 radical (unpaired) electrons. The number of aromatic nitrogens is 3. The Kier molecular flexibility index (Phi) is 3.88. The molecule has 1 aliphatic rings. The van der Waals surface area contributed by atoms with Gasteiger partial charge in [-0.25, -0.2) is 4.79 Å². The fourth-order valence-electron chi connectivity index (χ4n) is 1.73. The Morgan fingerprint density at radius 1 is 1.39 bits per heavy atom. The molecule has 1 aromatic heterocycles. The summed E-state index contributed by atoms with van der Waals surface area (Å²) >= 11 is 0. The molecule has 1 fully saturated rings. The largest absolute Gasteiger partial charge is 0.330 e. The number of amides is 3. The zero-order chi connectivity index (χ0) is 13.0. The van der Waals surface area contributed by atoms with Gasteiger partial charge in [-0.15, -0.1) is 5.10 Å². The van der Waals surface area contributed by atoms with Gasteiger partial charge < -0.3 is 11.1 Å². The summed E-state index contributed by atoms with van der Waals surface area (Å²) in [7, 11) is 0. The molecule has 0 aliphatic carbocycles. The molecule has 1 saturated heterocycles. The number of hydrogen-bond acceptors (Lipinski definition) is 5. The average Bonchev–Trinajstić information content (AvgIpc) is 2.93. The first-order valence-electron chi connectivity index (χ1n) is 5.88. The highest BCUT2D eigenvalue weighted by Crippen LogP contribution is 2.01. The fourth-order valence-corrected chi connectivity index (χ4v) is 1.73. The number of rotatable bonds is 6. The molecule has 1 aromatic rings. The molecule has 0 saturated carbocycles. The minimum Gasteiger partial charge on any atom is -0.330 e. The van der Waals surface area contributed by atoms with Gasteiger partial charge in [0.25, 0.3) is 0 Å². The van der Waals surface area contributed by atoms with Crippen molar-refractivity contribution in [3.05, 3.63) is 11.9 Å². The number of carbonyl (C=O) groups is 2. The molecule has 0 bridgehead atoms. The standard InChI is InChI=1S/C10H16N6O2/c11-3-1-2-8-7-15(14-13-8)4-5-16-9(17)6-12-10(16)18/h7H,1-6,11H2,(H,12,18). The van der Waals surface area contributed by atoms with Crippen LogP contribution < -0.4 is 11.1 Å². The molecule has 2 heterocycles. The zero-order valence-electron chi connectivity index (χ0n) is 10.0. The molecule has 8 nitrogen and oxygen atoms in total. The molecule has 2 rings (SSSR count). The van der Waals surface area contributed by atoms with Gasteiger partial charge in [-0.05, 0) is 19.4 Å². The molecule has 0 unspecified atom stereocenters. The second-order valence-corrected chi connectivity index (χ2v) is 4.07. The maximum Gasteiger partial charge on any atom is 0.324 e. The molecule has 0 aromatic carbocycles. The summed E-state index contributed by atoms with van der Waals surface area (Å²) in [6.45, 7) is 1.46. The van der Waals surface area contributed by atoms with Crippen LogP contribution in [-0.4, -0.2) is 51.5 Å². The third-order valence-electron chi connectivity index (χ3n) is 2.71. The van der Waals surface area contributed by atoms with Crippen LogP contribution in [0.15, 0.2) is 6.20 Å². The van der Waals surface area contributed by atoms with Gasteiger partial charge in [0.05, 0.1) is 25.3 Å². The molecule has 1 aliphatic heterocycles. The van der Waals surface area contributed by atoms with Gasteiger partial charge in [-0.3, -0.25) is 14.4 Å². The lowest BCUT2D eigenvalue weighted by molar-refractivity contribution is -0.125. The van der Waals surface area contributed by atoms with Crippen molar-refractivity contribution in [1.29, 1.82) is 0 Å². The van der Waals surface area contributed by atoms with E-state index in [-0.39, 0.29) is 18.5 Å². The predicted octanol–water partition coefficient (Wildman–Crippen LogP) is -1.28. The van der Waals surface area contributed by atoms with Gasteiger partial charge in [0.2, 0.25) is 5.91 Å². The highest BCUT2D eigenvalue weighted by atomic mass is 16.2. The van der Waals surface area contributed by atoms with E-state index < -0.39 is 0 Å². The number of hydrogen-bond donors (Lipinski definition) is 2. The van der Waals surface area contributed by atoms with Crippen molar-refractivity contribution in [3.8, 4) is 0 Å². The Labute approximate surface area is 104 Å². The number of nitrogens with one attached hydrogen (secondary N) is 1. The molecule has 98 valence electrons. The minimum atomic E-state index is -0.344. The highest BCUT2D eigenvalue weighted by Gasteiger charge is 2.27. The van der Waals surface area contributed by atoms with E-state index in [4.69, 9.17) is 5.73 Å². The van der Waals surface area contributed by atoms with Crippen LogP contribution in [0.25, 0.3) is 0 Å². The van der Waals surface area contributed by atoms with Gasteiger partial charge in [-0.2, -0.15) is 0 Å². The average molecular weight is 252 g/mol. The van der Waals surface area contributed by atoms with Crippen molar-refractivity contribution in [3.63, 3.8) is 0 Å². The number of nitrogens with zero attached hydrogens (tertiary/aromatic N) is 4. The first kappa shape index (κ1) is 12.5. The Morgan fingerprint density at radius 2 is 2.22 bits per heavy atom. The SMILES string of the molecule is NCCCc1cn(CCN2C(=O)CNC2=O)nn1. The highest BCUT2D eigenvalue weighted by molar-refractivity contribution is 6.01. The maximum absolute atomic E-state index is 11.3. The monoisotopic (exact) mass is 252 g/mol. The van der Waals surface area contributed by atoms with E-state index in [1.165, 1.54) is 4.90 Å². The molecule has 0 atom stereocenters. The maximum atomic E-state index is 11.3. The molecule has 3 amide bonds. The lowest BCUT2D eigenvalue weighted by Crippen LogP contribution is -2.33. The van der Waals surface area contributed by atoms with E-state index in [2.05, 4.69) is 15.6 Å². The van der Waals surface area contributed by atoms with E-state index >= 15 is 0 Å². The molecule has 8 heteroatoms. The van der Waals surface area contributed by atoms with Gasteiger partial charge in [0.1, 0.15) is 0 Å². The van der Waals surface area contributed by atoms with Crippen molar-refractivity contribution >= 4 is 11.9 Å². The summed E-state index contributed by atoms with van der Waals surface area (Å²) in [5, 5.41) is 10.4. The van der Waals surface area contributed by atoms with Crippen molar-refractivity contribution in [2.24, 2.45) is 5.73 Å². The number of imide groups is 1. The van der Waals surface area contributed by atoms with Crippen LogP contribution in [-0.2, 0) is 17.8 Å². The summed E-state index contributed by atoms with van der Waals surface area (Å²) in [5.74, 6) is -0.205. The quantitative estimate of drug-likeness (QED) is 0.613. The predicted molar refractivity (Wildman–Crippen MR) is 62.5 cm³/mol. The second kappa shape index (κ2) is 5.58. The zero-order valence-corrected chi connectivity index (χ0v) is 10.0. The Bertz CT molecular complexity index is 427. The first-order valence-corrected chi connectivity index (χ1v) is 5.88. The number of urea groups is 1. The molecular weight excluding hydrogens is 236 g/mol. The van der Waals surface area contributed by atoms with Crippen LogP contribution in [0.4, 0.5) is 4.79 Å². The molecular formula is C10H16N6O2. The van der Waals surface area contributed by atoms with Crippen molar-refractivity contribution in [1.82, 2.24) is 25.2 Å². The minimum absolute atomic E-state index is 0.0813. The molecule has 18 heavy (non-hydrogen) atoms. The van der Waals surface area contributed by atoms with E-state index in [1.54, 1.807) is 4.68 Å².